The Hall–Kier alpha value is -1.10. The fourth-order valence-electron chi connectivity index (χ4n) is 6.15. The molecule has 18 heavy (non-hydrogen) atoms. The highest BCUT2D eigenvalue weighted by atomic mass is 16.4. The minimum atomic E-state index is -1.07. The van der Waals surface area contributed by atoms with Gasteiger partial charge in [-0.2, -0.15) is 0 Å². The van der Waals surface area contributed by atoms with E-state index in [2.05, 4.69) is 0 Å². The molecule has 0 aromatic rings. The van der Waals surface area contributed by atoms with Crippen LogP contribution in [0.4, 0.5) is 0 Å². The van der Waals surface area contributed by atoms with Crippen molar-refractivity contribution in [3.8, 4) is 0 Å². The zero-order valence-electron chi connectivity index (χ0n) is 9.98. The molecule has 0 aromatic heterocycles. The maximum absolute atomic E-state index is 11.6. The van der Waals surface area contributed by atoms with Crippen LogP contribution in [0.2, 0.25) is 0 Å². The van der Waals surface area contributed by atoms with Gasteiger partial charge in [-0.25, -0.2) is 0 Å². The van der Waals surface area contributed by atoms with E-state index in [0.717, 1.165) is 0 Å². The van der Waals surface area contributed by atoms with E-state index in [0.29, 0.717) is 25.7 Å². The van der Waals surface area contributed by atoms with E-state index < -0.39 is 33.8 Å². The van der Waals surface area contributed by atoms with Gasteiger partial charge < -0.3 is 15.3 Å². The summed E-state index contributed by atoms with van der Waals surface area (Å²) >= 11 is 0. The minimum Gasteiger partial charge on any atom is -0.481 e. The number of carbonyl (C=O) groups is 2. The van der Waals surface area contributed by atoms with E-state index in [1.54, 1.807) is 0 Å². The molecular formula is C13H16O5. The van der Waals surface area contributed by atoms with Gasteiger partial charge in [0.15, 0.2) is 0 Å². The average Bonchev–Trinajstić information content (AvgIpc) is 2.51. The molecule has 3 bridgehead atoms. The van der Waals surface area contributed by atoms with E-state index in [9.17, 15) is 24.9 Å². The summed E-state index contributed by atoms with van der Waals surface area (Å²) in [4.78, 5) is 23.2. The summed E-state index contributed by atoms with van der Waals surface area (Å²) in [5.74, 6) is -1.51. The number of hydrogen-bond donors (Lipinski definition) is 3. The molecule has 4 rings (SSSR count). The predicted molar refractivity (Wildman–Crippen MR) is 58.7 cm³/mol. The monoisotopic (exact) mass is 252 g/mol. The molecule has 0 radical (unpaired) electrons. The quantitative estimate of drug-likeness (QED) is 0.677. The summed E-state index contributed by atoms with van der Waals surface area (Å²) in [7, 11) is 0. The Morgan fingerprint density at radius 1 is 0.944 bits per heavy atom. The number of aliphatic carboxylic acids is 2. The Morgan fingerprint density at radius 3 is 2.28 bits per heavy atom. The third-order valence-electron chi connectivity index (χ3n) is 6.43. The van der Waals surface area contributed by atoms with Crippen LogP contribution in [0.3, 0.4) is 0 Å². The lowest BCUT2D eigenvalue weighted by Crippen LogP contribution is -2.56. The van der Waals surface area contributed by atoms with Gasteiger partial charge in [0.25, 0.3) is 0 Å². The number of aliphatic hydroxyl groups is 1. The number of fused-ring (bicyclic) bond motifs is 2. The van der Waals surface area contributed by atoms with Crippen LogP contribution in [0.5, 0.6) is 0 Å². The number of carboxylic acid groups (broad SMARTS) is 2. The normalized spacial score (nSPS) is 59.3. The first-order valence-corrected chi connectivity index (χ1v) is 6.47. The van der Waals surface area contributed by atoms with Crippen molar-refractivity contribution in [2.75, 3.05) is 0 Å². The Balaban J connectivity index is 1.90. The summed E-state index contributed by atoms with van der Waals surface area (Å²) in [6.07, 6.45) is 2.55. The zero-order valence-corrected chi connectivity index (χ0v) is 9.98. The van der Waals surface area contributed by atoms with Gasteiger partial charge in [0.1, 0.15) is 0 Å². The van der Waals surface area contributed by atoms with E-state index in [-0.39, 0.29) is 18.8 Å². The average molecular weight is 252 g/mol. The molecule has 0 amide bonds. The number of rotatable bonds is 2. The van der Waals surface area contributed by atoms with Crippen molar-refractivity contribution in [1.29, 1.82) is 0 Å². The smallest absolute Gasteiger partial charge is 0.310 e. The van der Waals surface area contributed by atoms with Gasteiger partial charge in [-0.3, -0.25) is 9.59 Å². The summed E-state index contributed by atoms with van der Waals surface area (Å²) in [5.41, 5.74) is -3.23. The molecular weight excluding hydrogens is 236 g/mol. The summed E-state index contributed by atoms with van der Waals surface area (Å²) in [5, 5.41) is 29.6. The summed E-state index contributed by atoms with van der Waals surface area (Å²) in [6, 6.07) is 0. The molecule has 98 valence electrons. The van der Waals surface area contributed by atoms with Gasteiger partial charge in [-0.05, 0) is 49.9 Å². The van der Waals surface area contributed by atoms with E-state index in [1.807, 2.05) is 0 Å². The van der Waals surface area contributed by atoms with Crippen molar-refractivity contribution in [1.82, 2.24) is 0 Å². The maximum Gasteiger partial charge on any atom is 0.310 e. The van der Waals surface area contributed by atoms with Crippen molar-refractivity contribution in [3.05, 3.63) is 0 Å². The van der Waals surface area contributed by atoms with Crippen LogP contribution in [-0.4, -0.2) is 32.9 Å². The highest BCUT2D eigenvalue weighted by Crippen LogP contribution is 2.84. The lowest BCUT2D eigenvalue weighted by atomic mass is 9.46. The molecule has 5 unspecified atom stereocenters. The lowest BCUT2D eigenvalue weighted by molar-refractivity contribution is -0.180. The molecule has 0 heterocycles. The topological polar surface area (TPSA) is 94.8 Å². The molecule has 4 fully saturated rings. The molecule has 0 aliphatic heterocycles. The standard InChI is InChI=1S/C13H16O5/c14-8(15)10-1-7-2-12(9(16)17)5-11(18,3-10)6-13(7,12)4-10/h7,18H,1-6H2,(H,14,15)(H,16,17). The molecule has 5 atom stereocenters. The Kier molecular flexibility index (Phi) is 1.47. The van der Waals surface area contributed by atoms with Gasteiger partial charge in [0.05, 0.1) is 16.4 Å². The first kappa shape index (κ1) is 10.8. The first-order valence-electron chi connectivity index (χ1n) is 6.47. The van der Waals surface area contributed by atoms with Crippen LogP contribution in [0.1, 0.15) is 38.5 Å². The highest BCUT2D eigenvalue weighted by Gasteiger charge is 2.84. The van der Waals surface area contributed by atoms with Crippen LogP contribution >= 0.6 is 0 Å². The predicted octanol–water partition coefficient (Wildman–Crippen LogP) is 0.857. The van der Waals surface area contributed by atoms with Crippen LogP contribution in [0, 0.1) is 22.2 Å². The molecule has 0 saturated heterocycles. The molecule has 0 aromatic carbocycles. The van der Waals surface area contributed by atoms with Crippen LogP contribution < -0.4 is 0 Å². The molecule has 1 spiro atoms. The van der Waals surface area contributed by atoms with Crippen LogP contribution in [-0.2, 0) is 9.59 Å². The summed E-state index contributed by atoms with van der Waals surface area (Å²) in [6.45, 7) is 0. The van der Waals surface area contributed by atoms with E-state index >= 15 is 0 Å². The van der Waals surface area contributed by atoms with Crippen molar-refractivity contribution < 1.29 is 24.9 Å². The molecule has 5 heteroatoms. The lowest BCUT2D eigenvalue weighted by Gasteiger charge is -2.55. The van der Waals surface area contributed by atoms with Crippen molar-refractivity contribution >= 4 is 11.9 Å². The molecule has 3 N–H and O–H groups in total. The van der Waals surface area contributed by atoms with Gasteiger partial charge in [0.2, 0.25) is 0 Å². The van der Waals surface area contributed by atoms with Gasteiger partial charge in [-0.1, -0.05) is 0 Å². The van der Waals surface area contributed by atoms with Crippen molar-refractivity contribution in [3.63, 3.8) is 0 Å². The number of carboxylic acids is 2. The molecule has 4 saturated carbocycles. The van der Waals surface area contributed by atoms with Gasteiger partial charge in [0, 0.05) is 0 Å². The molecule has 5 nitrogen and oxygen atoms in total. The van der Waals surface area contributed by atoms with Gasteiger partial charge >= 0.3 is 11.9 Å². The number of hydrogen-bond acceptors (Lipinski definition) is 3. The fourth-order valence-corrected chi connectivity index (χ4v) is 6.15. The zero-order chi connectivity index (χ0) is 13.0. The largest absolute Gasteiger partial charge is 0.481 e. The van der Waals surface area contributed by atoms with E-state index in [1.165, 1.54) is 0 Å². The SMILES string of the molecule is O=C(O)C12CC3CC4(C(=O)O)CC(O)(C1)CC34C2. The van der Waals surface area contributed by atoms with Gasteiger partial charge in [-0.15, -0.1) is 0 Å². The molecule has 4 aliphatic carbocycles. The third-order valence-corrected chi connectivity index (χ3v) is 6.43. The highest BCUT2D eigenvalue weighted by molar-refractivity contribution is 5.82. The van der Waals surface area contributed by atoms with Crippen molar-refractivity contribution in [2.24, 2.45) is 22.2 Å². The Morgan fingerprint density at radius 2 is 1.67 bits per heavy atom. The second-order valence-corrected chi connectivity index (χ2v) is 7.17. The Bertz CT molecular complexity index is 498. The second-order valence-electron chi connectivity index (χ2n) is 7.17. The fraction of sp³-hybridized carbons (Fsp3) is 0.846. The van der Waals surface area contributed by atoms with Crippen molar-refractivity contribution in [2.45, 2.75) is 44.1 Å². The molecule has 4 aliphatic rings. The van der Waals surface area contributed by atoms with Crippen LogP contribution in [0.15, 0.2) is 0 Å². The maximum atomic E-state index is 11.6. The Labute approximate surface area is 104 Å². The second kappa shape index (κ2) is 2.46. The van der Waals surface area contributed by atoms with E-state index in [4.69, 9.17) is 0 Å². The summed E-state index contributed by atoms with van der Waals surface area (Å²) < 4.78 is 0. The third kappa shape index (κ3) is 0.802. The minimum absolute atomic E-state index is 0.182. The van der Waals surface area contributed by atoms with Crippen LogP contribution in [0.25, 0.3) is 0 Å². The first-order chi connectivity index (χ1) is 8.28.